The first-order chi connectivity index (χ1) is 34.4. The summed E-state index contributed by atoms with van der Waals surface area (Å²) >= 11 is 0. The van der Waals surface area contributed by atoms with Gasteiger partial charge in [0.2, 0.25) is 5.95 Å². The quantitative estimate of drug-likeness (QED) is 0.171. The number of rotatable bonds is 6. The molecule has 5 nitrogen and oxygen atoms in total. The van der Waals surface area contributed by atoms with Crippen molar-refractivity contribution in [3.8, 4) is 56.7 Å². The molecule has 3 heterocycles. The third-order valence-electron chi connectivity index (χ3n) is 9.60. The lowest BCUT2D eigenvalue weighted by Crippen LogP contribution is -2.06. The highest BCUT2D eigenvalue weighted by molar-refractivity contribution is 6.11. The van der Waals surface area contributed by atoms with Gasteiger partial charge >= 0.3 is 0 Å². The number of nitrogens with zero attached hydrogens (tertiary/aromatic N) is 5. The smallest absolute Gasteiger partial charge is 0.238 e. The fraction of sp³-hybridized carbons (Fsp3) is 0. The molecule has 0 saturated heterocycles. The summed E-state index contributed by atoms with van der Waals surface area (Å²) in [7, 11) is 0. The Morgan fingerprint density at radius 1 is 0.357 bits per heavy atom. The summed E-state index contributed by atoms with van der Waals surface area (Å²) in [6.45, 7) is 0. The Hall–Kier alpha value is -7.63. The second-order valence-corrected chi connectivity index (χ2v) is 12.9. The van der Waals surface area contributed by atoms with Gasteiger partial charge in [-0.05, 0) is 58.6 Å². The molecule has 11 aromatic rings. The molecule has 0 radical (unpaired) electrons. The molecule has 3 aromatic heterocycles. The summed E-state index contributed by atoms with van der Waals surface area (Å²) in [4.78, 5) is 13.9. The van der Waals surface area contributed by atoms with E-state index in [-0.39, 0.29) is 33.3 Å². The summed E-state index contributed by atoms with van der Waals surface area (Å²) in [5, 5.41) is 1.05. The van der Waals surface area contributed by atoms with E-state index in [9.17, 15) is 9.60 Å². The maximum atomic E-state index is 9.77. The Balaban J connectivity index is 1.19. The van der Waals surface area contributed by atoms with Crippen molar-refractivity contribution >= 4 is 43.6 Å². The van der Waals surface area contributed by atoms with Crippen molar-refractivity contribution in [2.24, 2.45) is 0 Å². The van der Waals surface area contributed by atoms with Crippen molar-refractivity contribution in [3.05, 3.63) is 200 Å². The van der Waals surface area contributed by atoms with Crippen LogP contribution in [0.2, 0.25) is 0 Å². The number of para-hydroxylation sites is 3. The molecule has 0 aliphatic rings. The fourth-order valence-corrected chi connectivity index (χ4v) is 7.06. The van der Waals surface area contributed by atoms with E-state index in [1.165, 1.54) is 0 Å². The third-order valence-corrected chi connectivity index (χ3v) is 9.60. The van der Waals surface area contributed by atoms with Gasteiger partial charge in [-0.3, -0.25) is 4.57 Å². The topological polar surface area (TPSA) is 48.5 Å². The van der Waals surface area contributed by atoms with Gasteiger partial charge in [0.1, 0.15) is 0 Å². The molecule has 5 heteroatoms. The summed E-state index contributed by atoms with van der Waals surface area (Å²) in [5.41, 5.74) is 1.06. The average Bonchev–Trinajstić information content (AvgIpc) is 3.93. The molecule has 0 amide bonds. The molecule has 11 rings (SSSR count). The van der Waals surface area contributed by atoms with Gasteiger partial charge in [-0.1, -0.05) is 164 Å². The van der Waals surface area contributed by atoms with E-state index in [0.29, 0.717) is 16.6 Å². The van der Waals surface area contributed by atoms with Crippen molar-refractivity contribution in [1.29, 1.82) is 0 Å². The van der Waals surface area contributed by atoms with Crippen LogP contribution in [-0.2, 0) is 0 Å². The predicted octanol–water partition coefficient (Wildman–Crippen LogP) is 12.7. The molecule has 8 aromatic carbocycles. The monoisotopic (exact) mass is 731 g/mol. The summed E-state index contributed by atoms with van der Waals surface area (Å²) in [5.74, 6) is -1.04. The minimum Gasteiger partial charge on any atom is -0.309 e. The number of hydrogen-bond donors (Lipinski definition) is 0. The van der Waals surface area contributed by atoms with Crippen LogP contribution in [0.4, 0.5) is 0 Å². The van der Waals surface area contributed by atoms with Gasteiger partial charge in [0.15, 0.2) is 11.6 Å². The summed E-state index contributed by atoms with van der Waals surface area (Å²) < 4.78 is 148. The largest absolute Gasteiger partial charge is 0.309 e. The third kappa shape index (κ3) is 5.29. The highest BCUT2D eigenvalue weighted by Gasteiger charge is 2.18. The molecule has 0 aliphatic carbocycles. The summed E-state index contributed by atoms with van der Waals surface area (Å²) in [6, 6.07) is 20.7. The van der Waals surface area contributed by atoms with Crippen LogP contribution < -0.4 is 0 Å². The lowest BCUT2D eigenvalue weighted by atomic mass is 10.0. The van der Waals surface area contributed by atoms with E-state index in [2.05, 4.69) is 15.0 Å². The van der Waals surface area contributed by atoms with E-state index in [1.807, 2.05) is 60.7 Å². The van der Waals surface area contributed by atoms with Crippen LogP contribution in [-0.4, -0.2) is 24.1 Å². The van der Waals surface area contributed by atoms with Gasteiger partial charge in [0, 0.05) is 38.4 Å². The Labute approximate surface area is 345 Å². The molecule has 0 aliphatic heterocycles. The van der Waals surface area contributed by atoms with Gasteiger partial charge in [-0.25, -0.2) is 4.98 Å². The van der Waals surface area contributed by atoms with E-state index < -0.39 is 125 Å². The highest BCUT2D eigenvalue weighted by atomic mass is 15.2. The molecule has 262 valence electrons. The first-order valence-corrected chi connectivity index (χ1v) is 17.6. The molecule has 0 saturated carbocycles. The zero-order valence-electron chi connectivity index (χ0n) is 45.1. The number of fused-ring (bicyclic) bond motifs is 6. The molecule has 0 spiro atoms. The maximum Gasteiger partial charge on any atom is 0.238 e. The molecular formula is C51H33N5. The maximum absolute atomic E-state index is 9.77. The van der Waals surface area contributed by atoms with Gasteiger partial charge in [-0.2, -0.15) is 9.97 Å². The molecule has 0 N–H and O–H groups in total. The SMILES string of the molecule is [2H]c1c([2H])c(-c2c([2H])c([2H])c(-c3nc(-c4ccccc4)nc(-n4c5c([2H])c([2H])c([2H])c([2H])c5c5c([2H])c([2H])c([2H])c([2H])c54)n3)c([2H])c2[2H])c([2H])c(-n2c3ccccc3c3ccc(-c4ccccc4)cc32)c1[2H]. The first-order valence-electron chi connectivity index (χ1n) is 25.6. The first kappa shape index (κ1) is 19.6. The Kier molecular flexibility index (Phi) is 4.57. The van der Waals surface area contributed by atoms with E-state index in [1.54, 1.807) is 47.0 Å². The predicted molar refractivity (Wildman–Crippen MR) is 230 cm³/mol. The molecule has 0 fully saturated rings. The molecular weight excluding hydrogens is 683 g/mol. The molecule has 56 heavy (non-hydrogen) atoms. The average molecular weight is 732 g/mol. The Morgan fingerprint density at radius 2 is 0.964 bits per heavy atom. The number of benzene rings is 8. The van der Waals surface area contributed by atoms with Crippen molar-refractivity contribution in [2.45, 2.75) is 0 Å². The van der Waals surface area contributed by atoms with Crippen LogP contribution in [0.5, 0.6) is 0 Å². The Bertz CT molecular complexity index is 4070. The standard InChI is InChI=1S/C51H33N5/c1-3-14-34(15-4-1)39-30-31-44-43-22-7-10-23-45(43)55(48(44)33-39)40-19-13-18-38(32-40)35-26-28-37(29-27-35)50-52-49(36-16-5-2-6-17-36)53-51(54-50)56-46-24-11-8-20-41(46)42-21-9-12-25-47(42)56/h1-33H/i8D,9D,11D,12D,13D,18D,19D,20D,21D,24D,25D,26D,27D,28D,29D,32D. The van der Waals surface area contributed by atoms with Gasteiger partial charge in [0.05, 0.1) is 44.0 Å². The van der Waals surface area contributed by atoms with E-state index in [0.717, 1.165) is 26.5 Å². The fourth-order valence-electron chi connectivity index (χ4n) is 7.06. The lowest BCUT2D eigenvalue weighted by molar-refractivity contribution is 0.953. The van der Waals surface area contributed by atoms with Crippen LogP contribution in [0.1, 0.15) is 21.9 Å². The number of aromatic nitrogens is 5. The highest BCUT2D eigenvalue weighted by Crippen LogP contribution is 2.37. The number of hydrogen-bond acceptors (Lipinski definition) is 3. The van der Waals surface area contributed by atoms with Crippen LogP contribution in [0.3, 0.4) is 0 Å². The van der Waals surface area contributed by atoms with Crippen LogP contribution in [0, 0.1) is 0 Å². The minimum atomic E-state index is -0.743. The van der Waals surface area contributed by atoms with Crippen molar-refractivity contribution < 1.29 is 21.9 Å². The second kappa shape index (κ2) is 13.0. The van der Waals surface area contributed by atoms with Crippen LogP contribution in [0.15, 0.2) is 200 Å². The summed E-state index contributed by atoms with van der Waals surface area (Å²) in [6.07, 6.45) is 0. The van der Waals surface area contributed by atoms with Crippen LogP contribution in [0.25, 0.3) is 100 Å². The van der Waals surface area contributed by atoms with Crippen molar-refractivity contribution in [2.75, 3.05) is 0 Å². The zero-order chi connectivity index (χ0) is 50.9. The normalized spacial score (nSPS) is 15.6. The van der Waals surface area contributed by atoms with E-state index >= 15 is 0 Å². The Morgan fingerprint density at radius 3 is 1.70 bits per heavy atom. The lowest BCUT2D eigenvalue weighted by Gasteiger charge is -2.12. The second-order valence-electron chi connectivity index (χ2n) is 12.9. The van der Waals surface area contributed by atoms with Gasteiger partial charge < -0.3 is 4.57 Å². The van der Waals surface area contributed by atoms with Gasteiger partial charge in [-0.15, -0.1) is 0 Å². The van der Waals surface area contributed by atoms with Crippen molar-refractivity contribution in [1.82, 2.24) is 24.1 Å². The van der Waals surface area contributed by atoms with Crippen molar-refractivity contribution in [3.63, 3.8) is 0 Å². The molecule has 0 atom stereocenters. The van der Waals surface area contributed by atoms with Crippen LogP contribution >= 0.6 is 0 Å². The molecule has 0 unspecified atom stereocenters. The molecule has 0 bridgehead atoms. The van der Waals surface area contributed by atoms with Gasteiger partial charge in [0.25, 0.3) is 0 Å². The zero-order valence-corrected chi connectivity index (χ0v) is 29.1. The van der Waals surface area contributed by atoms with E-state index in [4.69, 9.17) is 12.3 Å². The minimum absolute atomic E-state index is 0.119.